The summed E-state index contributed by atoms with van der Waals surface area (Å²) in [4.78, 5) is 18.1. The number of carbonyl (C=O) groups is 1. The van der Waals surface area contributed by atoms with Gasteiger partial charge >= 0.3 is 5.97 Å². The number of hydrogen-bond donors (Lipinski definition) is 0. The predicted molar refractivity (Wildman–Crippen MR) is 68.4 cm³/mol. The number of aromatic nitrogens is 2. The first-order chi connectivity index (χ1) is 8.91. The zero-order valence-electron chi connectivity index (χ0n) is 12.0. The largest absolute Gasteiger partial charge is 0.468 e. The van der Waals surface area contributed by atoms with Gasteiger partial charge in [-0.2, -0.15) is 4.98 Å². The van der Waals surface area contributed by atoms with Crippen LogP contribution in [0.15, 0.2) is 4.52 Å². The number of hydrogen-bond acceptors (Lipinski definition) is 6. The van der Waals surface area contributed by atoms with Crippen LogP contribution < -0.4 is 0 Å². The van der Waals surface area contributed by atoms with Crippen molar-refractivity contribution in [1.29, 1.82) is 0 Å². The van der Waals surface area contributed by atoms with Gasteiger partial charge in [-0.1, -0.05) is 25.9 Å². The molecule has 0 N–H and O–H groups in total. The summed E-state index contributed by atoms with van der Waals surface area (Å²) < 4.78 is 10.1. The summed E-state index contributed by atoms with van der Waals surface area (Å²) in [5.41, 5.74) is -0.155. The molecule has 0 bridgehead atoms. The first-order valence-corrected chi connectivity index (χ1v) is 6.57. The average Bonchev–Trinajstić information content (AvgIpc) is 2.97. The lowest BCUT2D eigenvalue weighted by molar-refractivity contribution is -0.146. The van der Waals surface area contributed by atoms with E-state index in [1.54, 1.807) is 0 Å². The summed E-state index contributed by atoms with van der Waals surface area (Å²) in [6.07, 6.45) is 1.82. The molecule has 1 aliphatic rings. The van der Waals surface area contributed by atoms with E-state index in [0.717, 1.165) is 19.4 Å². The van der Waals surface area contributed by atoms with Crippen LogP contribution in [0.5, 0.6) is 0 Å². The second-order valence-electron chi connectivity index (χ2n) is 5.92. The van der Waals surface area contributed by atoms with E-state index in [1.807, 2.05) is 25.7 Å². The Morgan fingerprint density at radius 1 is 1.53 bits per heavy atom. The van der Waals surface area contributed by atoms with Gasteiger partial charge in [-0.3, -0.25) is 9.69 Å². The number of carbonyl (C=O) groups excluding carboxylic acids is 1. The number of methoxy groups -OCH3 is 1. The van der Waals surface area contributed by atoms with Gasteiger partial charge in [-0.05, 0) is 19.4 Å². The van der Waals surface area contributed by atoms with Crippen LogP contribution in [0.25, 0.3) is 0 Å². The molecule has 0 radical (unpaired) electrons. The molecule has 1 aromatic heterocycles. The van der Waals surface area contributed by atoms with Crippen LogP contribution >= 0.6 is 0 Å². The molecule has 1 aromatic rings. The third-order valence-electron chi connectivity index (χ3n) is 3.29. The SMILES string of the molecule is COC(=O)C1CCCN1Cc1noc(C(C)(C)C)n1. The topological polar surface area (TPSA) is 68.5 Å². The maximum Gasteiger partial charge on any atom is 0.323 e. The third-order valence-corrected chi connectivity index (χ3v) is 3.29. The smallest absolute Gasteiger partial charge is 0.323 e. The molecule has 1 atom stereocenters. The van der Waals surface area contributed by atoms with E-state index in [0.29, 0.717) is 18.3 Å². The molecule has 1 aliphatic heterocycles. The van der Waals surface area contributed by atoms with Crippen LogP contribution in [0.1, 0.15) is 45.3 Å². The average molecular weight is 267 g/mol. The zero-order chi connectivity index (χ0) is 14.0. The fraction of sp³-hybridized carbons (Fsp3) is 0.769. The lowest BCUT2D eigenvalue weighted by Gasteiger charge is -2.20. The summed E-state index contributed by atoms with van der Waals surface area (Å²) in [6, 6.07) is -0.179. The van der Waals surface area contributed by atoms with Crippen LogP contribution in [-0.4, -0.2) is 40.7 Å². The molecular weight excluding hydrogens is 246 g/mol. The summed E-state index contributed by atoms with van der Waals surface area (Å²) >= 11 is 0. The van der Waals surface area contributed by atoms with Crippen LogP contribution in [0.2, 0.25) is 0 Å². The molecule has 0 spiro atoms. The molecule has 2 rings (SSSR count). The minimum atomic E-state index is -0.183. The standard InChI is InChI=1S/C13H21N3O3/c1-13(2,3)12-14-10(15-19-12)8-16-7-5-6-9(16)11(17)18-4/h9H,5-8H2,1-4H3. The second kappa shape index (κ2) is 5.28. The quantitative estimate of drug-likeness (QED) is 0.773. The Kier molecular flexibility index (Phi) is 3.89. The van der Waals surface area contributed by atoms with Crippen LogP contribution in [0.4, 0.5) is 0 Å². The summed E-state index contributed by atoms with van der Waals surface area (Å²) in [7, 11) is 1.42. The van der Waals surface area contributed by atoms with Gasteiger partial charge in [0.1, 0.15) is 6.04 Å². The van der Waals surface area contributed by atoms with Crippen molar-refractivity contribution >= 4 is 5.97 Å². The number of likely N-dealkylation sites (tertiary alicyclic amines) is 1. The highest BCUT2D eigenvalue weighted by Crippen LogP contribution is 2.23. The lowest BCUT2D eigenvalue weighted by atomic mass is 9.97. The molecule has 0 aromatic carbocycles. The van der Waals surface area contributed by atoms with Gasteiger partial charge < -0.3 is 9.26 Å². The van der Waals surface area contributed by atoms with Gasteiger partial charge in [0, 0.05) is 5.41 Å². The van der Waals surface area contributed by atoms with E-state index < -0.39 is 0 Å². The second-order valence-corrected chi connectivity index (χ2v) is 5.92. The molecular formula is C13H21N3O3. The van der Waals surface area contributed by atoms with Gasteiger partial charge in [0.25, 0.3) is 0 Å². The molecule has 19 heavy (non-hydrogen) atoms. The minimum absolute atomic E-state index is 0.155. The fourth-order valence-electron chi connectivity index (χ4n) is 2.22. The number of esters is 1. The van der Waals surface area contributed by atoms with E-state index in [4.69, 9.17) is 9.26 Å². The van der Waals surface area contributed by atoms with Crippen molar-refractivity contribution < 1.29 is 14.1 Å². The van der Waals surface area contributed by atoms with Gasteiger partial charge in [0.2, 0.25) is 5.89 Å². The minimum Gasteiger partial charge on any atom is -0.468 e. The highest BCUT2D eigenvalue weighted by molar-refractivity contribution is 5.75. The molecule has 1 unspecified atom stereocenters. The van der Waals surface area contributed by atoms with Gasteiger partial charge in [0.05, 0.1) is 13.7 Å². The zero-order valence-corrected chi connectivity index (χ0v) is 12.0. The molecule has 6 heteroatoms. The maximum atomic E-state index is 11.7. The number of rotatable bonds is 3. The van der Waals surface area contributed by atoms with Crippen molar-refractivity contribution in [3.05, 3.63) is 11.7 Å². The lowest BCUT2D eigenvalue weighted by Crippen LogP contribution is -2.36. The Hall–Kier alpha value is -1.43. The summed E-state index contributed by atoms with van der Waals surface area (Å²) in [6.45, 7) is 7.46. The van der Waals surface area contributed by atoms with Crippen LogP contribution in [0.3, 0.4) is 0 Å². The van der Waals surface area contributed by atoms with E-state index in [9.17, 15) is 4.79 Å². The van der Waals surface area contributed by atoms with Crippen molar-refractivity contribution in [2.24, 2.45) is 0 Å². The van der Waals surface area contributed by atoms with Crippen molar-refractivity contribution in [2.45, 2.75) is 51.6 Å². The maximum absolute atomic E-state index is 11.7. The van der Waals surface area contributed by atoms with Crippen LogP contribution in [0, 0.1) is 0 Å². The summed E-state index contributed by atoms with van der Waals surface area (Å²) in [5.74, 6) is 1.06. The van der Waals surface area contributed by atoms with Gasteiger partial charge in [-0.25, -0.2) is 0 Å². The van der Waals surface area contributed by atoms with E-state index in [2.05, 4.69) is 10.1 Å². The molecule has 0 amide bonds. The highest BCUT2D eigenvalue weighted by atomic mass is 16.5. The van der Waals surface area contributed by atoms with Crippen molar-refractivity contribution in [3.63, 3.8) is 0 Å². The molecule has 106 valence electrons. The van der Waals surface area contributed by atoms with Crippen molar-refractivity contribution in [1.82, 2.24) is 15.0 Å². The molecule has 2 heterocycles. The number of ether oxygens (including phenoxy) is 1. The Morgan fingerprint density at radius 2 is 2.26 bits per heavy atom. The third kappa shape index (κ3) is 3.12. The first kappa shape index (κ1) is 14.0. The van der Waals surface area contributed by atoms with Gasteiger partial charge in [0.15, 0.2) is 5.82 Å². The normalized spacial score (nSPS) is 20.7. The monoisotopic (exact) mass is 267 g/mol. The predicted octanol–water partition coefficient (Wildman–Crippen LogP) is 1.50. The van der Waals surface area contributed by atoms with Crippen molar-refractivity contribution in [3.8, 4) is 0 Å². The Labute approximate surface area is 113 Å². The van der Waals surface area contributed by atoms with E-state index >= 15 is 0 Å². The summed E-state index contributed by atoms with van der Waals surface area (Å²) in [5, 5.41) is 3.99. The molecule has 1 saturated heterocycles. The highest BCUT2D eigenvalue weighted by Gasteiger charge is 2.32. The van der Waals surface area contributed by atoms with E-state index in [1.165, 1.54) is 7.11 Å². The Bertz CT molecular complexity index is 450. The van der Waals surface area contributed by atoms with E-state index in [-0.39, 0.29) is 17.4 Å². The Morgan fingerprint density at radius 3 is 2.84 bits per heavy atom. The van der Waals surface area contributed by atoms with Gasteiger partial charge in [-0.15, -0.1) is 0 Å². The number of nitrogens with zero attached hydrogens (tertiary/aromatic N) is 3. The molecule has 1 fully saturated rings. The molecule has 0 aliphatic carbocycles. The van der Waals surface area contributed by atoms with Crippen LogP contribution in [-0.2, 0) is 21.5 Å². The molecule has 6 nitrogen and oxygen atoms in total. The molecule has 0 saturated carbocycles. The fourth-order valence-corrected chi connectivity index (χ4v) is 2.22. The first-order valence-electron chi connectivity index (χ1n) is 6.57. The van der Waals surface area contributed by atoms with Crippen molar-refractivity contribution in [2.75, 3.05) is 13.7 Å². The Balaban J connectivity index is 2.04.